The van der Waals surface area contributed by atoms with E-state index in [1.807, 2.05) is 79.7 Å². The Labute approximate surface area is 193 Å². The van der Waals surface area contributed by atoms with Gasteiger partial charge in [-0.25, -0.2) is 4.98 Å². The minimum absolute atomic E-state index is 0.0959. The zero-order valence-electron chi connectivity index (χ0n) is 18.5. The summed E-state index contributed by atoms with van der Waals surface area (Å²) < 4.78 is 0. The van der Waals surface area contributed by atoms with Crippen molar-refractivity contribution >= 4 is 22.7 Å². The van der Waals surface area contributed by atoms with E-state index in [-0.39, 0.29) is 24.3 Å². The standard InChI is InChI=1S/C27H26N4O2/c1-19(17-26(32)29-16-13-20-11-14-28-15-12-20)30-27(33)23-18-25(21-7-3-2-4-8-21)31-24-10-6-5-9-22(23)24/h2-12,14-15,18-19H,13,16-17H2,1H3,(H,29,32)(H,30,33). The molecule has 2 amide bonds. The number of para-hydroxylation sites is 1. The van der Waals surface area contributed by atoms with Gasteiger partial charge in [-0.15, -0.1) is 0 Å². The molecule has 2 N–H and O–H groups in total. The molecule has 0 radical (unpaired) electrons. The maximum atomic E-state index is 13.2. The number of nitrogens with one attached hydrogen (secondary N) is 2. The predicted molar refractivity (Wildman–Crippen MR) is 130 cm³/mol. The zero-order valence-corrected chi connectivity index (χ0v) is 18.5. The molecule has 4 aromatic rings. The maximum absolute atomic E-state index is 13.2. The average molecular weight is 439 g/mol. The van der Waals surface area contributed by atoms with E-state index < -0.39 is 0 Å². The van der Waals surface area contributed by atoms with Crippen molar-refractivity contribution < 1.29 is 9.59 Å². The summed E-state index contributed by atoms with van der Waals surface area (Å²) >= 11 is 0. The fraction of sp³-hybridized carbons (Fsp3) is 0.185. The lowest BCUT2D eigenvalue weighted by atomic mass is 10.0. The number of hydrogen-bond donors (Lipinski definition) is 2. The molecular formula is C27H26N4O2. The second kappa shape index (κ2) is 10.5. The number of fused-ring (bicyclic) bond motifs is 1. The van der Waals surface area contributed by atoms with Gasteiger partial charge < -0.3 is 10.6 Å². The number of carbonyl (C=O) groups excluding carboxylic acids is 2. The van der Waals surface area contributed by atoms with E-state index in [0.717, 1.165) is 34.1 Å². The second-order valence-corrected chi connectivity index (χ2v) is 7.97. The van der Waals surface area contributed by atoms with Crippen LogP contribution in [0.2, 0.25) is 0 Å². The molecule has 1 unspecified atom stereocenters. The van der Waals surface area contributed by atoms with Crippen molar-refractivity contribution in [3.63, 3.8) is 0 Å². The molecular weight excluding hydrogens is 412 g/mol. The Kier molecular flexibility index (Phi) is 7.05. The quantitative estimate of drug-likeness (QED) is 0.433. The van der Waals surface area contributed by atoms with E-state index in [4.69, 9.17) is 4.98 Å². The van der Waals surface area contributed by atoms with Gasteiger partial charge in [0.2, 0.25) is 5.91 Å². The molecule has 0 aliphatic heterocycles. The summed E-state index contributed by atoms with van der Waals surface area (Å²) in [5, 5.41) is 6.67. The maximum Gasteiger partial charge on any atom is 0.252 e. The molecule has 0 aliphatic rings. The third-order valence-electron chi connectivity index (χ3n) is 5.38. The van der Waals surface area contributed by atoms with Gasteiger partial charge in [0.15, 0.2) is 0 Å². The first-order chi connectivity index (χ1) is 16.1. The van der Waals surface area contributed by atoms with Crippen LogP contribution >= 0.6 is 0 Å². The SMILES string of the molecule is CC(CC(=O)NCCc1ccncc1)NC(=O)c1cc(-c2ccccc2)nc2ccccc12. The number of aromatic nitrogens is 2. The molecule has 2 aromatic heterocycles. The molecule has 0 spiro atoms. The first-order valence-corrected chi connectivity index (χ1v) is 11.0. The molecule has 6 heteroatoms. The fourth-order valence-electron chi connectivity index (χ4n) is 3.72. The van der Waals surface area contributed by atoms with E-state index in [1.165, 1.54) is 0 Å². The first kappa shape index (κ1) is 22.1. The topological polar surface area (TPSA) is 84.0 Å². The highest BCUT2D eigenvalue weighted by Gasteiger charge is 2.17. The number of benzene rings is 2. The zero-order chi connectivity index (χ0) is 23.0. The van der Waals surface area contributed by atoms with Gasteiger partial charge in [-0.05, 0) is 43.2 Å². The minimum atomic E-state index is -0.314. The third kappa shape index (κ3) is 5.80. The molecule has 6 nitrogen and oxygen atoms in total. The summed E-state index contributed by atoms with van der Waals surface area (Å²) in [4.78, 5) is 34.2. The highest BCUT2D eigenvalue weighted by Crippen LogP contribution is 2.24. The molecule has 4 rings (SSSR count). The molecule has 2 aromatic carbocycles. The molecule has 2 heterocycles. The van der Waals surface area contributed by atoms with E-state index in [9.17, 15) is 9.59 Å². The molecule has 1 atom stereocenters. The van der Waals surface area contributed by atoms with Crippen LogP contribution in [0.25, 0.3) is 22.2 Å². The Bertz CT molecular complexity index is 1240. The predicted octanol–water partition coefficient (Wildman–Crippen LogP) is 4.16. The van der Waals surface area contributed by atoms with Gasteiger partial charge in [0.05, 0.1) is 16.8 Å². The molecule has 166 valence electrons. The molecule has 0 fully saturated rings. The lowest BCUT2D eigenvalue weighted by Crippen LogP contribution is -2.37. The van der Waals surface area contributed by atoms with Gasteiger partial charge in [0.1, 0.15) is 0 Å². The van der Waals surface area contributed by atoms with Crippen molar-refractivity contribution in [3.05, 3.63) is 96.3 Å². The number of hydrogen-bond acceptors (Lipinski definition) is 4. The monoisotopic (exact) mass is 438 g/mol. The average Bonchev–Trinajstić information content (AvgIpc) is 2.84. The Hall–Kier alpha value is -4.06. The fourth-order valence-corrected chi connectivity index (χ4v) is 3.72. The van der Waals surface area contributed by atoms with Crippen LogP contribution in [0.5, 0.6) is 0 Å². The first-order valence-electron chi connectivity index (χ1n) is 11.0. The van der Waals surface area contributed by atoms with Crippen molar-refractivity contribution in [2.24, 2.45) is 0 Å². The van der Waals surface area contributed by atoms with E-state index in [1.54, 1.807) is 12.4 Å². The Morgan fingerprint density at radius 1 is 0.939 bits per heavy atom. The number of nitrogens with zero attached hydrogens (tertiary/aromatic N) is 2. The van der Waals surface area contributed by atoms with Gasteiger partial charge in [-0.2, -0.15) is 0 Å². The third-order valence-corrected chi connectivity index (χ3v) is 5.38. The van der Waals surface area contributed by atoms with Crippen LogP contribution in [0.3, 0.4) is 0 Å². The molecule has 0 aliphatic carbocycles. The Balaban J connectivity index is 1.42. The van der Waals surface area contributed by atoms with Gasteiger partial charge in [-0.3, -0.25) is 14.6 Å². The van der Waals surface area contributed by atoms with Gasteiger partial charge in [0, 0.05) is 42.4 Å². The van der Waals surface area contributed by atoms with Gasteiger partial charge in [-0.1, -0.05) is 48.5 Å². The van der Waals surface area contributed by atoms with Crippen molar-refractivity contribution in [2.75, 3.05) is 6.54 Å². The van der Waals surface area contributed by atoms with Gasteiger partial charge >= 0.3 is 0 Å². The Morgan fingerprint density at radius 2 is 1.67 bits per heavy atom. The summed E-state index contributed by atoms with van der Waals surface area (Å²) in [6.07, 6.45) is 4.42. The smallest absolute Gasteiger partial charge is 0.252 e. The lowest BCUT2D eigenvalue weighted by molar-refractivity contribution is -0.121. The van der Waals surface area contributed by atoms with E-state index >= 15 is 0 Å². The van der Waals surface area contributed by atoms with E-state index in [0.29, 0.717) is 12.1 Å². The van der Waals surface area contributed by atoms with Crippen molar-refractivity contribution in [1.82, 2.24) is 20.6 Å². The molecule has 0 saturated heterocycles. The number of pyridine rings is 2. The number of carbonyl (C=O) groups is 2. The highest BCUT2D eigenvalue weighted by atomic mass is 16.2. The lowest BCUT2D eigenvalue weighted by Gasteiger charge is -2.16. The van der Waals surface area contributed by atoms with Crippen LogP contribution in [0.15, 0.2) is 85.2 Å². The highest BCUT2D eigenvalue weighted by molar-refractivity contribution is 6.07. The van der Waals surface area contributed by atoms with Crippen LogP contribution in [0, 0.1) is 0 Å². The second-order valence-electron chi connectivity index (χ2n) is 7.97. The summed E-state index contributed by atoms with van der Waals surface area (Å²) in [6.45, 7) is 2.38. The van der Waals surface area contributed by atoms with Crippen molar-refractivity contribution in [1.29, 1.82) is 0 Å². The largest absolute Gasteiger partial charge is 0.356 e. The Morgan fingerprint density at radius 3 is 2.45 bits per heavy atom. The number of amides is 2. The van der Waals surface area contributed by atoms with Gasteiger partial charge in [0.25, 0.3) is 5.91 Å². The normalized spacial score (nSPS) is 11.7. The summed E-state index contributed by atoms with van der Waals surface area (Å²) in [5.74, 6) is -0.315. The molecule has 0 bridgehead atoms. The van der Waals surface area contributed by atoms with Crippen molar-refractivity contribution in [2.45, 2.75) is 25.8 Å². The van der Waals surface area contributed by atoms with Crippen LogP contribution < -0.4 is 10.6 Å². The van der Waals surface area contributed by atoms with E-state index in [2.05, 4.69) is 15.6 Å². The minimum Gasteiger partial charge on any atom is -0.356 e. The van der Waals surface area contributed by atoms with Crippen molar-refractivity contribution in [3.8, 4) is 11.3 Å². The number of rotatable bonds is 8. The molecule has 0 saturated carbocycles. The summed E-state index contributed by atoms with van der Waals surface area (Å²) in [6, 6.07) is 22.7. The summed E-state index contributed by atoms with van der Waals surface area (Å²) in [7, 11) is 0. The summed E-state index contributed by atoms with van der Waals surface area (Å²) in [5.41, 5.74) is 4.10. The van der Waals surface area contributed by atoms with Crippen LogP contribution in [-0.4, -0.2) is 34.4 Å². The van der Waals surface area contributed by atoms with Crippen LogP contribution in [0.1, 0.15) is 29.3 Å². The molecule has 33 heavy (non-hydrogen) atoms. The van der Waals surface area contributed by atoms with Crippen LogP contribution in [-0.2, 0) is 11.2 Å². The van der Waals surface area contributed by atoms with Crippen LogP contribution in [0.4, 0.5) is 0 Å².